The van der Waals surface area contributed by atoms with Crippen LogP contribution in [-0.4, -0.2) is 48.9 Å². The maximum absolute atomic E-state index is 15.4. The number of ether oxygens (including phenoxy) is 1. The van der Waals surface area contributed by atoms with E-state index in [4.69, 9.17) is 4.74 Å². The van der Waals surface area contributed by atoms with Gasteiger partial charge in [0.05, 0.1) is 18.0 Å². The SMILES string of the molecule is CNC1C(C)CN(c2c(F)cc3c(=O)c(C(=O)O)cn(C4CC4)c3c2OC)CC1C. The zero-order chi connectivity index (χ0) is 21.7. The zero-order valence-electron chi connectivity index (χ0n) is 17.7. The summed E-state index contributed by atoms with van der Waals surface area (Å²) in [7, 11) is 3.41. The topological polar surface area (TPSA) is 83.8 Å². The molecule has 4 rings (SSSR count). The predicted octanol–water partition coefficient (Wildman–Crippen LogP) is 2.86. The maximum atomic E-state index is 15.4. The Morgan fingerprint density at radius 1 is 1.27 bits per heavy atom. The lowest BCUT2D eigenvalue weighted by Gasteiger charge is -2.43. The summed E-state index contributed by atoms with van der Waals surface area (Å²) in [6, 6.07) is 1.60. The molecule has 8 heteroatoms. The fraction of sp³-hybridized carbons (Fsp3) is 0.545. The first-order chi connectivity index (χ1) is 14.3. The van der Waals surface area contributed by atoms with Crippen LogP contribution in [0.25, 0.3) is 10.9 Å². The number of nitrogens with one attached hydrogen (secondary N) is 1. The Hall–Kier alpha value is -2.61. The molecule has 1 aromatic carbocycles. The van der Waals surface area contributed by atoms with Crippen LogP contribution in [-0.2, 0) is 0 Å². The standard InChI is InChI=1S/C22H28FN3O4/c1-11-8-25(9-12(2)17(11)24-3)19-16(23)7-14-18(21(19)30-4)26(13-5-6-13)10-15(20(14)27)22(28)29/h7,10-13,17,24H,5-6,8-9H2,1-4H3,(H,28,29). The number of nitrogens with zero attached hydrogens (tertiary/aromatic N) is 2. The van der Waals surface area contributed by atoms with Crippen LogP contribution < -0.4 is 20.4 Å². The highest BCUT2D eigenvalue weighted by Gasteiger charge is 2.35. The first-order valence-corrected chi connectivity index (χ1v) is 10.4. The van der Waals surface area contributed by atoms with E-state index in [1.165, 1.54) is 19.4 Å². The highest BCUT2D eigenvalue weighted by molar-refractivity contribution is 5.97. The van der Waals surface area contributed by atoms with Crippen molar-refractivity contribution in [2.24, 2.45) is 11.8 Å². The molecule has 1 saturated carbocycles. The van der Waals surface area contributed by atoms with Gasteiger partial charge in [-0.05, 0) is 37.8 Å². The second kappa shape index (κ2) is 7.58. The Morgan fingerprint density at radius 2 is 1.90 bits per heavy atom. The van der Waals surface area contributed by atoms with Crippen molar-refractivity contribution >= 4 is 22.6 Å². The molecule has 0 amide bonds. The van der Waals surface area contributed by atoms with Gasteiger partial charge in [-0.3, -0.25) is 4.79 Å². The maximum Gasteiger partial charge on any atom is 0.341 e. The van der Waals surface area contributed by atoms with E-state index in [-0.39, 0.29) is 17.0 Å². The summed E-state index contributed by atoms with van der Waals surface area (Å²) >= 11 is 0. The Labute approximate surface area is 174 Å². The molecule has 1 aromatic heterocycles. The number of halogens is 1. The van der Waals surface area contributed by atoms with E-state index in [1.807, 2.05) is 11.9 Å². The number of anilines is 1. The normalized spacial score (nSPS) is 24.3. The molecular weight excluding hydrogens is 389 g/mol. The van der Waals surface area contributed by atoms with Crippen molar-refractivity contribution in [3.8, 4) is 5.75 Å². The van der Waals surface area contributed by atoms with Crippen LogP contribution in [0.4, 0.5) is 10.1 Å². The van der Waals surface area contributed by atoms with Gasteiger partial charge in [0.25, 0.3) is 0 Å². The molecule has 0 radical (unpaired) electrons. The number of benzene rings is 1. The Bertz CT molecular complexity index is 1050. The second-order valence-electron chi connectivity index (χ2n) is 8.63. The number of carboxylic acid groups (broad SMARTS) is 1. The minimum absolute atomic E-state index is 0.0473. The Balaban J connectivity index is 1.95. The molecule has 1 aliphatic carbocycles. The van der Waals surface area contributed by atoms with Crippen molar-refractivity contribution in [3.63, 3.8) is 0 Å². The molecule has 30 heavy (non-hydrogen) atoms. The third kappa shape index (κ3) is 3.23. The van der Waals surface area contributed by atoms with Crippen LogP contribution in [0.3, 0.4) is 0 Å². The predicted molar refractivity (Wildman–Crippen MR) is 113 cm³/mol. The van der Waals surface area contributed by atoms with E-state index in [0.717, 1.165) is 12.8 Å². The van der Waals surface area contributed by atoms with Gasteiger partial charge in [-0.25, -0.2) is 9.18 Å². The molecular formula is C22H28FN3O4. The van der Waals surface area contributed by atoms with E-state index in [1.54, 1.807) is 4.57 Å². The van der Waals surface area contributed by atoms with E-state index in [2.05, 4.69) is 19.2 Å². The molecule has 0 spiro atoms. The smallest absolute Gasteiger partial charge is 0.341 e. The largest absolute Gasteiger partial charge is 0.492 e. The van der Waals surface area contributed by atoms with Crippen molar-refractivity contribution < 1.29 is 19.0 Å². The van der Waals surface area contributed by atoms with E-state index < -0.39 is 17.2 Å². The number of methoxy groups -OCH3 is 1. The van der Waals surface area contributed by atoms with Gasteiger partial charge in [-0.15, -0.1) is 0 Å². The highest BCUT2D eigenvalue weighted by atomic mass is 19.1. The zero-order valence-corrected chi connectivity index (χ0v) is 17.7. The van der Waals surface area contributed by atoms with Gasteiger partial charge in [-0.2, -0.15) is 0 Å². The minimum Gasteiger partial charge on any atom is -0.492 e. The number of aromatic nitrogens is 1. The van der Waals surface area contributed by atoms with Crippen molar-refractivity contribution in [3.05, 3.63) is 33.9 Å². The van der Waals surface area contributed by atoms with Gasteiger partial charge in [0.2, 0.25) is 5.43 Å². The van der Waals surface area contributed by atoms with Gasteiger partial charge in [-0.1, -0.05) is 13.8 Å². The Morgan fingerprint density at radius 3 is 2.40 bits per heavy atom. The van der Waals surface area contributed by atoms with Crippen LogP contribution in [0, 0.1) is 17.7 Å². The number of hydrogen-bond donors (Lipinski definition) is 2. The minimum atomic E-state index is -1.31. The summed E-state index contributed by atoms with van der Waals surface area (Å²) in [6.45, 7) is 5.56. The fourth-order valence-corrected chi connectivity index (χ4v) is 5.03. The number of rotatable bonds is 5. The molecule has 2 fully saturated rings. The molecule has 2 N–H and O–H groups in total. The van der Waals surface area contributed by atoms with Crippen LogP contribution in [0.1, 0.15) is 43.1 Å². The summed E-state index contributed by atoms with van der Waals surface area (Å²) in [5.74, 6) is -0.995. The fourth-order valence-electron chi connectivity index (χ4n) is 5.03. The van der Waals surface area contributed by atoms with E-state index in [0.29, 0.717) is 47.9 Å². The molecule has 2 unspecified atom stereocenters. The van der Waals surface area contributed by atoms with Gasteiger partial charge < -0.3 is 24.6 Å². The van der Waals surface area contributed by atoms with Crippen molar-refractivity contribution in [2.75, 3.05) is 32.1 Å². The molecule has 2 aliphatic rings. The Kier molecular flexibility index (Phi) is 5.22. The summed E-state index contributed by atoms with van der Waals surface area (Å²) in [4.78, 5) is 26.4. The molecule has 7 nitrogen and oxygen atoms in total. The van der Waals surface area contributed by atoms with Crippen LogP contribution in [0.15, 0.2) is 17.1 Å². The molecule has 2 aromatic rings. The number of carbonyl (C=O) groups is 1. The van der Waals surface area contributed by atoms with Crippen LogP contribution in [0.2, 0.25) is 0 Å². The summed E-state index contributed by atoms with van der Waals surface area (Å²) in [5, 5.41) is 12.9. The quantitative estimate of drug-likeness (QED) is 0.778. The number of pyridine rings is 1. The highest BCUT2D eigenvalue weighted by Crippen LogP contribution is 2.44. The van der Waals surface area contributed by atoms with Gasteiger partial charge in [0.1, 0.15) is 11.3 Å². The van der Waals surface area contributed by atoms with Crippen LogP contribution in [0.5, 0.6) is 5.75 Å². The first kappa shape index (κ1) is 20.7. The second-order valence-corrected chi connectivity index (χ2v) is 8.63. The summed E-state index contributed by atoms with van der Waals surface area (Å²) in [6.07, 6.45) is 3.15. The third-order valence-electron chi connectivity index (χ3n) is 6.47. The van der Waals surface area contributed by atoms with Crippen molar-refractivity contribution in [2.45, 2.75) is 38.8 Å². The monoisotopic (exact) mass is 417 g/mol. The average Bonchev–Trinajstić information content (AvgIpc) is 3.52. The van der Waals surface area contributed by atoms with Crippen molar-refractivity contribution in [1.82, 2.24) is 9.88 Å². The van der Waals surface area contributed by atoms with Gasteiger partial charge >= 0.3 is 5.97 Å². The van der Waals surface area contributed by atoms with Crippen LogP contribution >= 0.6 is 0 Å². The lowest BCUT2D eigenvalue weighted by atomic mass is 9.85. The van der Waals surface area contributed by atoms with Gasteiger partial charge in [0, 0.05) is 31.4 Å². The number of fused-ring (bicyclic) bond motifs is 1. The van der Waals surface area contributed by atoms with Gasteiger partial charge in [0.15, 0.2) is 11.6 Å². The number of hydrogen-bond acceptors (Lipinski definition) is 5. The molecule has 2 heterocycles. The molecule has 0 bridgehead atoms. The van der Waals surface area contributed by atoms with Crippen molar-refractivity contribution in [1.29, 1.82) is 0 Å². The third-order valence-corrected chi connectivity index (χ3v) is 6.47. The first-order valence-electron chi connectivity index (χ1n) is 10.4. The van der Waals surface area contributed by atoms with E-state index >= 15 is 4.39 Å². The lowest BCUT2D eigenvalue weighted by molar-refractivity contribution is 0.0695. The lowest BCUT2D eigenvalue weighted by Crippen LogP contribution is -2.52. The molecule has 2 atom stereocenters. The molecule has 162 valence electrons. The van der Waals surface area contributed by atoms with E-state index in [9.17, 15) is 14.7 Å². The number of aromatic carboxylic acids is 1. The summed E-state index contributed by atoms with van der Waals surface area (Å²) < 4.78 is 22.9. The number of carboxylic acids is 1. The number of piperidine rings is 1. The average molecular weight is 417 g/mol. The molecule has 1 saturated heterocycles. The molecule has 1 aliphatic heterocycles. The summed E-state index contributed by atoms with van der Waals surface area (Å²) in [5.41, 5.74) is -0.216.